The van der Waals surface area contributed by atoms with Crippen LogP contribution in [0.1, 0.15) is 42.7 Å². The molecule has 1 N–H and O–H groups in total. The third-order valence-electron chi connectivity index (χ3n) is 4.45. The van der Waals surface area contributed by atoms with Gasteiger partial charge in [-0.1, -0.05) is 13.8 Å². The number of benzene rings is 1. The Morgan fingerprint density at radius 1 is 1.42 bits per heavy atom. The highest BCUT2D eigenvalue weighted by molar-refractivity contribution is 7.18. The van der Waals surface area contributed by atoms with E-state index in [1.807, 2.05) is 37.6 Å². The summed E-state index contributed by atoms with van der Waals surface area (Å²) < 4.78 is 2.91. The van der Waals surface area contributed by atoms with Crippen LogP contribution in [-0.4, -0.2) is 20.7 Å². The zero-order valence-electron chi connectivity index (χ0n) is 14.0. The largest absolute Gasteiger partial charge is 0.326 e. The first-order valence-corrected chi connectivity index (χ1v) is 9.03. The number of carbonyl (C=O) groups is 1. The van der Waals surface area contributed by atoms with Crippen molar-refractivity contribution in [2.24, 2.45) is 13.0 Å². The third kappa shape index (κ3) is 2.82. The smallest absolute Gasteiger partial charge is 0.228 e. The Bertz CT molecular complexity index is 911. The molecule has 6 heteroatoms. The van der Waals surface area contributed by atoms with Crippen LogP contribution in [-0.2, 0) is 11.8 Å². The molecular weight excluding hydrogens is 320 g/mol. The summed E-state index contributed by atoms with van der Waals surface area (Å²) in [5.41, 5.74) is 3.00. The van der Waals surface area contributed by atoms with Gasteiger partial charge in [0.25, 0.3) is 0 Å². The number of hydrogen-bond donors (Lipinski definition) is 1. The molecule has 0 saturated heterocycles. The Kier molecular flexibility index (Phi) is 3.64. The lowest BCUT2D eigenvalue weighted by atomic mass is 10.2. The number of amides is 1. The van der Waals surface area contributed by atoms with Crippen molar-refractivity contribution in [3.63, 3.8) is 0 Å². The standard InChI is InChI=1S/C18H20N4OS/c1-10(2)18-21-15-5-4-12(6-16(15)24-18)20-17(23)14-7-13(14)11-8-19-22(3)9-11/h4-6,8-10,13-14H,7H2,1-3H3,(H,20,23)/t13-,14-/m1/s1. The molecule has 0 aliphatic heterocycles. The summed E-state index contributed by atoms with van der Waals surface area (Å²) >= 11 is 1.70. The molecule has 4 rings (SSSR count). The average Bonchev–Trinajstić information content (AvgIpc) is 3.04. The fraction of sp³-hybridized carbons (Fsp3) is 0.389. The second-order valence-electron chi connectivity index (χ2n) is 6.77. The maximum Gasteiger partial charge on any atom is 0.228 e. The first-order chi connectivity index (χ1) is 11.5. The van der Waals surface area contributed by atoms with Gasteiger partial charge < -0.3 is 5.32 Å². The van der Waals surface area contributed by atoms with Crippen LogP contribution in [0.3, 0.4) is 0 Å². The molecule has 1 saturated carbocycles. The number of anilines is 1. The minimum atomic E-state index is 0.0533. The minimum Gasteiger partial charge on any atom is -0.326 e. The summed E-state index contributed by atoms with van der Waals surface area (Å²) in [6, 6.07) is 5.95. The van der Waals surface area contributed by atoms with Crippen LogP contribution in [0.15, 0.2) is 30.6 Å². The van der Waals surface area contributed by atoms with Gasteiger partial charge in [0, 0.05) is 30.8 Å². The second kappa shape index (κ2) is 5.70. The van der Waals surface area contributed by atoms with E-state index in [9.17, 15) is 4.79 Å². The van der Waals surface area contributed by atoms with Crippen molar-refractivity contribution >= 4 is 33.1 Å². The van der Waals surface area contributed by atoms with E-state index in [4.69, 9.17) is 0 Å². The molecule has 124 valence electrons. The van der Waals surface area contributed by atoms with E-state index in [0.29, 0.717) is 11.8 Å². The van der Waals surface area contributed by atoms with E-state index < -0.39 is 0 Å². The van der Waals surface area contributed by atoms with Crippen molar-refractivity contribution in [3.05, 3.63) is 41.2 Å². The topological polar surface area (TPSA) is 59.8 Å². The number of fused-ring (bicyclic) bond motifs is 1. The molecular formula is C18H20N4OS. The quantitative estimate of drug-likeness (QED) is 0.784. The first kappa shape index (κ1) is 15.3. The Labute approximate surface area is 144 Å². The van der Waals surface area contributed by atoms with E-state index in [0.717, 1.165) is 32.9 Å². The van der Waals surface area contributed by atoms with Crippen molar-refractivity contribution in [1.82, 2.24) is 14.8 Å². The number of aryl methyl sites for hydroxylation is 1. The normalized spacial score (nSPS) is 19.8. The number of aromatic nitrogens is 3. The maximum atomic E-state index is 12.5. The number of thiazole rings is 1. The lowest BCUT2D eigenvalue weighted by molar-refractivity contribution is -0.117. The van der Waals surface area contributed by atoms with Crippen LogP contribution < -0.4 is 5.32 Å². The molecule has 1 aliphatic carbocycles. The summed E-state index contributed by atoms with van der Waals surface area (Å²) in [5, 5.41) is 8.37. The van der Waals surface area contributed by atoms with Crippen molar-refractivity contribution < 1.29 is 4.79 Å². The molecule has 24 heavy (non-hydrogen) atoms. The van der Waals surface area contributed by atoms with Gasteiger partial charge in [0.1, 0.15) is 0 Å². The van der Waals surface area contributed by atoms with Crippen LogP contribution in [0.4, 0.5) is 5.69 Å². The zero-order valence-corrected chi connectivity index (χ0v) is 14.8. The molecule has 1 aliphatic rings. The van der Waals surface area contributed by atoms with Gasteiger partial charge in [0.2, 0.25) is 5.91 Å². The predicted octanol–water partition coefficient (Wildman–Crippen LogP) is 3.90. The zero-order chi connectivity index (χ0) is 16.8. The Balaban J connectivity index is 1.47. The average molecular weight is 340 g/mol. The number of nitrogens with one attached hydrogen (secondary N) is 1. The lowest BCUT2D eigenvalue weighted by Gasteiger charge is -2.04. The van der Waals surface area contributed by atoms with Crippen LogP contribution >= 0.6 is 11.3 Å². The van der Waals surface area contributed by atoms with Crippen LogP contribution in [0, 0.1) is 5.92 Å². The minimum absolute atomic E-state index is 0.0533. The highest BCUT2D eigenvalue weighted by Gasteiger charge is 2.44. The Morgan fingerprint density at radius 3 is 2.96 bits per heavy atom. The molecule has 2 heterocycles. The van der Waals surface area contributed by atoms with Crippen LogP contribution in [0.5, 0.6) is 0 Å². The highest BCUT2D eigenvalue weighted by atomic mass is 32.1. The third-order valence-corrected chi connectivity index (χ3v) is 5.77. The van der Waals surface area contributed by atoms with Gasteiger partial charge in [-0.3, -0.25) is 9.48 Å². The van der Waals surface area contributed by atoms with E-state index >= 15 is 0 Å². The van der Waals surface area contributed by atoms with Crippen molar-refractivity contribution in [1.29, 1.82) is 0 Å². The van der Waals surface area contributed by atoms with Crippen LogP contribution in [0.25, 0.3) is 10.2 Å². The summed E-state index contributed by atoms with van der Waals surface area (Å²) in [4.78, 5) is 17.1. The fourth-order valence-corrected chi connectivity index (χ4v) is 4.00. The molecule has 2 aromatic heterocycles. The molecule has 0 radical (unpaired) electrons. The van der Waals surface area contributed by atoms with Crippen molar-refractivity contribution in [2.75, 3.05) is 5.32 Å². The summed E-state index contributed by atoms with van der Waals surface area (Å²) in [6.07, 6.45) is 4.75. The maximum absolute atomic E-state index is 12.5. The molecule has 0 spiro atoms. The summed E-state index contributed by atoms with van der Waals surface area (Å²) in [6.45, 7) is 4.29. The van der Waals surface area contributed by atoms with Gasteiger partial charge in [-0.05, 0) is 36.1 Å². The molecule has 5 nitrogen and oxygen atoms in total. The SMILES string of the molecule is CC(C)c1nc2ccc(NC(=O)[C@@H]3C[C@@H]3c3cnn(C)c3)cc2s1. The molecule has 0 unspecified atom stereocenters. The molecule has 1 amide bonds. The van der Waals surface area contributed by atoms with E-state index in [1.54, 1.807) is 16.0 Å². The van der Waals surface area contributed by atoms with E-state index in [1.165, 1.54) is 0 Å². The summed E-state index contributed by atoms with van der Waals surface area (Å²) in [5.74, 6) is 0.875. The number of rotatable bonds is 4. The van der Waals surface area contributed by atoms with Crippen molar-refractivity contribution in [3.8, 4) is 0 Å². The van der Waals surface area contributed by atoms with Gasteiger partial charge in [-0.25, -0.2) is 4.98 Å². The fourth-order valence-electron chi connectivity index (χ4n) is 2.99. The van der Waals surface area contributed by atoms with Gasteiger partial charge in [-0.15, -0.1) is 11.3 Å². The monoisotopic (exact) mass is 340 g/mol. The van der Waals surface area contributed by atoms with Crippen LogP contribution in [0.2, 0.25) is 0 Å². The molecule has 3 aromatic rings. The summed E-state index contributed by atoms with van der Waals surface area (Å²) in [7, 11) is 1.90. The lowest BCUT2D eigenvalue weighted by Crippen LogP contribution is -2.14. The second-order valence-corrected chi connectivity index (χ2v) is 7.84. The predicted molar refractivity (Wildman–Crippen MR) is 96.4 cm³/mol. The van der Waals surface area contributed by atoms with Crippen molar-refractivity contribution in [2.45, 2.75) is 32.1 Å². The number of carbonyl (C=O) groups excluding carboxylic acids is 1. The molecule has 1 fully saturated rings. The molecule has 1 aromatic carbocycles. The van der Waals surface area contributed by atoms with Gasteiger partial charge in [0.15, 0.2) is 0 Å². The van der Waals surface area contributed by atoms with Gasteiger partial charge in [0.05, 0.1) is 21.4 Å². The van der Waals surface area contributed by atoms with Gasteiger partial charge in [-0.2, -0.15) is 5.10 Å². The van der Waals surface area contributed by atoms with E-state index in [2.05, 4.69) is 29.2 Å². The number of nitrogens with zero attached hydrogens (tertiary/aromatic N) is 3. The first-order valence-electron chi connectivity index (χ1n) is 8.21. The Hall–Kier alpha value is -2.21. The highest BCUT2D eigenvalue weighted by Crippen LogP contribution is 2.47. The number of hydrogen-bond acceptors (Lipinski definition) is 4. The molecule has 2 atom stereocenters. The van der Waals surface area contributed by atoms with Gasteiger partial charge >= 0.3 is 0 Å². The van der Waals surface area contributed by atoms with E-state index in [-0.39, 0.29) is 11.8 Å². The molecule has 0 bridgehead atoms. The Morgan fingerprint density at radius 2 is 2.25 bits per heavy atom.